The summed E-state index contributed by atoms with van der Waals surface area (Å²) >= 11 is 1.47. The number of ketones is 1. The summed E-state index contributed by atoms with van der Waals surface area (Å²) in [6.07, 6.45) is 1.65. The number of carbonyl (C=O) groups is 2. The third-order valence-corrected chi connectivity index (χ3v) is 4.43. The van der Waals surface area contributed by atoms with Crippen LogP contribution in [0.1, 0.15) is 43.3 Å². The highest BCUT2D eigenvalue weighted by molar-refractivity contribution is 7.12. The molecular weight excluding hydrogens is 300 g/mol. The average Bonchev–Trinajstić information content (AvgIpc) is 3.05. The molecule has 122 valence electrons. The molecule has 0 aromatic carbocycles. The van der Waals surface area contributed by atoms with Gasteiger partial charge in [-0.1, -0.05) is 6.07 Å². The quantitative estimate of drug-likeness (QED) is 0.846. The highest BCUT2D eigenvalue weighted by Gasteiger charge is 2.27. The van der Waals surface area contributed by atoms with Crippen molar-refractivity contribution in [2.45, 2.75) is 45.3 Å². The molecule has 0 aliphatic carbocycles. The summed E-state index contributed by atoms with van der Waals surface area (Å²) in [7, 11) is 0. The van der Waals surface area contributed by atoms with Crippen LogP contribution in [0.5, 0.6) is 0 Å². The van der Waals surface area contributed by atoms with Gasteiger partial charge >= 0.3 is 6.09 Å². The Kier molecular flexibility index (Phi) is 5.58. The second-order valence-corrected chi connectivity index (χ2v) is 7.50. The molecule has 1 aromatic heterocycles. The van der Waals surface area contributed by atoms with Crippen LogP contribution in [0.15, 0.2) is 17.5 Å². The lowest BCUT2D eigenvalue weighted by molar-refractivity contribution is 0.0514. The lowest BCUT2D eigenvalue weighted by atomic mass is 10.2. The first kappa shape index (κ1) is 17.0. The van der Waals surface area contributed by atoms with Crippen molar-refractivity contribution in [3.63, 3.8) is 0 Å². The molecule has 1 amide bonds. The van der Waals surface area contributed by atoms with Crippen LogP contribution in [-0.4, -0.2) is 48.1 Å². The third kappa shape index (κ3) is 5.10. The molecule has 22 heavy (non-hydrogen) atoms. The fourth-order valence-electron chi connectivity index (χ4n) is 2.55. The molecule has 1 fully saturated rings. The van der Waals surface area contributed by atoms with Crippen molar-refractivity contribution in [1.82, 2.24) is 10.2 Å². The molecule has 0 radical (unpaired) electrons. The van der Waals surface area contributed by atoms with Crippen molar-refractivity contribution in [3.8, 4) is 0 Å². The maximum atomic E-state index is 12.2. The number of thiophene rings is 1. The lowest BCUT2D eigenvalue weighted by Crippen LogP contribution is -2.43. The van der Waals surface area contributed by atoms with Gasteiger partial charge in [-0.2, -0.15) is 0 Å². The van der Waals surface area contributed by atoms with Gasteiger partial charge in [0.2, 0.25) is 0 Å². The summed E-state index contributed by atoms with van der Waals surface area (Å²) < 4.78 is 5.24. The van der Waals surface area contributed by atoms with Crippen LogP contribution in [0.2, 0.25) is 0 Å². The summed E-state index contributed by atoms with van der Waals surface area (Å²) in [5.41, 5.74) is -0.491. The standard InChI is InChI=1S/C16H24N2O3S/c1-16(2,3)21-15(20)17-10-12-6-4-8-18(12)11-13(19)14-7-5-9-22-14/h5,7,9,12H,4,6,8,10-11H2,1-3H3,(H,17,20)/t12-/m1/s1. The van der Waals surface area contributed by atoms with Gasteiger partial charge < -0.3 is 10.1 Å². The van der Waals surface area contributed by atoms with Crippen LogP contribution in [0.3, 0.4) is 0 Å². The minimum absolute atomic E-state index is 0.152. The van der Waals surface area contributed by atoms with E-state index < -0.39 is 11.7 Å². The number of alkyl carbamates (subject to hydrolysis) is 1. The highest BCUT2D eigenvalue weighted by Crippen LogP contribution is 2.18. The van der Waals surface area contributed by atoms with E-state index >= 15 is 0 Å². The number of nitrogens with one attached hydrogen (secondary N) is 1. The lowest BCUT2D eigenvalue weighted by Gasteiger charge is -2.25. The Labute approximate surface area is 135 Å². The third-order valence-electron chi connectivity index (χ3n) is 3.52. The second kappa shape index (κ2) is 7.24. The molecule has 1 saturated heterocycles. The molecule has 5 nitrogen and oxygen atoms in total. The zero-order valence-electron chi connectivity index (χ0n) is 13.4. The van der Waals surface area contributed by atoms with E-state index in [1.165, 1.54) is 11.3 Å². The fourth-order valence-corrected chi connectivity index (χ4v) is 3.21. The van der Waals surface area contributed by atoms with Gasteiger partial charge in [0.1, 0.15) is 5.60 Å². The summed E-state index contributed by atoms with van der Waals surface area (Å²) in [6.45, 7) is 7.36. The summed E-state index contributed by atoms with van der Waals surface area (Å²) in [4.78, 5) is 26.9. The molecule has 0 unspecified atom stereocenters. The van der Waals surface area contributed by atoms with E-state index in [4.69, 9.17) is 4.74 Å². The SMILES string of the molecule is CC(C)(C)OC(=O)NC[C@H]1CCCN1CC(=O)c1cccs1. The summed E-state index contributed by atoms with van der Waals surface area (Å²) in [5.74, 6) is 0.152. The summed E-state index contributed by atoms with van der Waals surface area (Å²) in [6, 6.07) is 3.96. The van der Waals surface area contributed by atoms with Gasteiger partial charge in [-0.25, -0.2) is 4.79 Å². The van der Waals surface area contributed by atoms with Crippen LogP contribution >= 0.6 is 11.3 Å². The van der Waals surface area contributed by atoms with Crippen molar-refractivity contribution < 1.29 is 14.3 Å². The molecule has 1 atom stereocenters. The first-order valence-electron chi connectivity index (χ1n) is 7.63. The number of rotatable bonds is 5. The van der Waals surface area contributed by atoms with Crippen LogP contribution in [0, 0.1) is 0 Å². The Morgan fingerprint density at radius 1 is 1.45 bits per heavy atom. The number of hydrogen-bond acceptors (Lipinski definition) is 5. The number of ether oxygens (including phenoxy) is 1. The van der Waals surface area contributed by atoms with E-state index in [1.54, 1.807) is 0 Å². The Morgan fingerprint density at radius 3 is 2.86 bits per heavy atom. The van der Waals surface area contributed by atoms with Gasteiger partial charge in [0.25, 0.3) is 0 Å². The van der Waals surface area contributed by atoms with Crippen molar-refractivity contribution in [2.75, 3.05) is 19.6 Å². The van der Waals surface area contributed by atoms with E-state index in [0.29, 0.717) is 13.1 Å². The van der Waals surface area contributed by atoms with Gasteiger partial charge in [0.05, 0.1) is 11.4 Å². The molecule has 0 bridgehead atoms. The minimum atomic E-state index is -0.491. The molecule has 1 N–H and O–H groups in total. The van der Waals surface area contributed by atoms with Gasteiger partial charge in [-0.15, -0.1) is 11.3 Å². The smallest absolute Gasteiger partial charge is 0.407 e. The second-order valence-electron chi connectivity index (χ2n) is 6.55. The number of likely N-dealkylation sites (tertiary alicyclic amines) is 1. The predicted octanol–water partition coefficient (Wildman–Crippen LogP) is 2.92. The van der Waals surface area contributed by atoms with Gasteiger partial charge in [-0.3, -0.25) is 9.69 Å². The highest BCUT2D eigenvalue weighted by atomic mass is 32.1. The van der Waals surface area contributed by atoms with Crippen molar-refractivity contribution in [1.29, 1.82) is 0 Å². The first-order chi connectivity index (χ1) is 10.3. The molecule has 2 heterocycles. The van der Waals surface area contributed by atoms with Crippen molar-refractivity contribution in [3.05, 3.63) is 22.4 Å². The summed E-state index contributed by atoms with van der Waals surface area (Å²) in [5, 5.41) is 4.72. The van der Waals surface area contributed by atoms with Crippen LogP contribution < -0.4 is 5.32 Å². The Balaban J connectivity index is 1.81. The topological polar surface area (TPSA) is 58.6 Å². The van der Waals surface area contributed by atoms with Crippen molar-refractivity contribution in [2.24, 2.45) is 0 Å². The molecular formula is C16H24N2O3S. The van der Waals surface area contributed by atoms with E-state index in [0.717, 1.165) is 24.3 Å². The Bertz CT molecular complexity index is 508. The number of Topliss-reactive ketones (excluding diaryl/α,β-unsaturated/α-hetero) is 1. The normalized spacial score (nSPS) is 19.1. The molecule has 2 rings (SSSR count). The van der Waals surface area contributed by atoms with Gasteiger partial charge in [0.15, 0.2) is 5.78 Å². The minimum Gasteiger partial charge on any atom is -0.444 e. The van der Waals surface area contributed by atoms with E-state index in [-0.39, 0.29) is 11.8 Å². The first-order valence-corrected chi connectivity index (χ1v) is 8.51. The maximum Gasteiger partial charge on any atom is 0.407 e. The number of nitrogens with zero attached hydrogens (tertiary/aromatic N) is 1. The molecule has 1 aromatic rings. The van der Waals surface area contributed by atoms with Crippen LogP contribution in [0.4, 0.5) is 4.79 Å². The molecule has 6 heteroatoms. The zero-order valence-corrected chi connectivity index (χ0v) is 14.2. The molecule has 1 aliphatic rings. The van der Waals surface area contributed by atoms with Gasteiger partial charge in [0, 0.05) is 12.6 Å². The van der Waals surface area contributed by atoms with E-state index in [1.807, 2.05) is 38.3 Å². The number of amides is 1. The monoisotopic (exact) mass is 324 g/mol. The van der Waals surface area contributed by atoms with Crippen LogP contribution in [0.25, 0.3) is 0 Å². The Morgan fingerprint density at radius 2 is 2.23 bits per heavy atom. The van der Waals surface area contributed by atoms with E-state index in [9.17, 15) is 9.59 Å². The van der Waals surface area contributed by atoms with E-state index in [2.05, 4.69) is 10.2 Å². The van der Waals surface area contributed by atoms with Crippen molar-refractivity contribution >= 4 is 23.2 Å². The zero-order chi connectivity index (χ0) is 16.2. The Hall–Kier alpha value is -1.40. The predicted molar refractivity (Wildman–Crippen MR) is 87.5 cm³/mol. The largest absolute Gasteiger partial charge is 0.444 e. The molecule has 0 spiro atoms. The molecule has 1 aliphatic heterocycles. The van der Waals surface area contributed by atoms with Gasteiger partial charge in [-0.05, 0) is 51.6 Å². The maximum absolute atomic E-state index is 12.2. The fraction of sp³-hybridized carbons (Fsp3) is 0.625. The number of hydrogen-bond donors (Lipinski definition) is 1. The number of carbonyl (C=O) groups excluding carboxylic acids is 2. The van der Waals surface area contributed by atoms with Crippen LogP contribution in [-0.2, 0) is 4.74 Å². The average molecular weight is 324 g/mol. The molecule has 0 saturated carbocycles.